The average Bonchev–Trinajstić information content (AvgIpc) is 4.06. The first-order valence-electron chi connectivity index (χ1n) is 23.0. The maximum absolute atomic E-state index is 2.56. The summed E-state index contributed by atoms with van der Waals surface area (Å²) < 4.78 is 2.46. The zero-order chi connectivity index (χ0) is 43.3. The Balaban J connectivity index is 1.11. The Hall–Kier alpha value is -8.52. The fourth-order valence-electron chi connectivity index (χ4n) is 12.0. The fourth-order valence-corrected chi connectivity index (χ4v) is 12.0. The van der Waals surface area contributed by atoms with Gasteiger partial charge < -0.3 is 4.57 Å². The van der Waals surface area contributed by atoms with Crippen LogP contribution in [-0.4, -0.2) is 4.57 Å². The predicted molar refractivity (Wildman–Crippen MR) is 276 cm³/mol. The Bertz CT molecular complexity index is 3800. The summed E-state index contributed by atoms with van der Waals surface area (Å²) in [7, 11) is 0. The quantitative estimate of drug-likeness (QED) is 0.152. The van der Waals surface area contributed by atoms with Gasteiger partial charge >= 0.3 is 0 Å². The molecule has 0 saturated heterocycles. The van der Waals surface area contributed by atoms with Crippen molar-refractivity contribution < 1.29 is 0 Å². The van der Waals surface area contributed by atoms with E-state index in [0.717, 1.165) is 17.1 Å². The molecule has 12 aromatic rings. The third kappa shape index (κ3) is 5.11. The summed E-state index contributed by atoms with van der Waals surface area (Å²) in [5.41, 5.74) is 20.9. The van der Waals surface area contributed by atoms with Crippen LogP contribution in [0.4, 0.5) is 0 Å². The number of aromatic nitrogens is 1. The molecule has 0 unspecified atom stereocenters. The van der Waals surface area contributed by atoms with Gasteiger partial charge in [0.15, 0.2) is 0 Å². The highest BCUT2D eigenvalue weighted by atomic mass is 15.0. The van der Waals surface area contributed by atoms with Gasteiger partial charge in [0.2, 0.25) is 0 Å². The number of hydrogen-bond acceptors (Lipinski definition) is 0. The van der Waals surface area contributed by atoms with Crippen molar-refractivity contribution >= 4 is 32.3 Å². The van der Waals surface area contributed by atoms with Crippen LogP contribution >= 0.6 is 0 Å². The summed E-state index contributed by atoms with van der Waals surface area (Å²) in [6.45, 7) is 0. The number of benzene rings is 11. The monoisotopic (exact) mass is 835 g/mol. The van der Waals surface area contributed by atoms with Crippen LogP contribution in [0, 0.1) is 0 Å². The lowest BCUT2D eigenvalue weighted by atomic mass is 9.70. The lowest BCUT2D eigenvalue weighted by Crippen LogP contribution is -2.25. The minimum absolute atomic E-state index is 0.449. The van der Waals surface area contributed by atoms with Gasteiger partial charge in [0, 0.05) is 5.69 Å². The molecule has 0 atom stereocenters. The van der Waals surface area contributed by atoms with Crippen LogP contribution in [0.3, 0.4) is 0 Å². The van der Waals surface area contributed by atoms with E-state index in [-0.39, 0.29) is 0 Å². The molecule has 0 N–H and O–H groups in total. The molecule has 0 fully saturated rings. The number of fused-ring (bicyclic) bond motifs is 13. The highest BCUT2D eigenvalue weighted by Gasteiger charge is 2.51. The molecule has 1 aromatic heterocycles. The molecule has 66 heavy (non-hydrogen) atoms. The van der Waals surface area contributed by atoms with Gasteiger partial charge in [0.1, 0.15) is 0 Å². The Morgan fingerprint density at radius 2 is 0.727 bits per heavy atom. The highest BCUT2D eigenvalue weighted by molar-refractivity contribution is 6.24. The zero-order valence-electron chi connectivity index (χ0n) is 36.1. The first kappa shape index (κ1) is 36.9. The Kier molecular flexibility index (Phi) is 7.97. The van der Waals surface area contributed by atoms with Gasteiger partial charge in [-0.25, -0.2) is 0 Å². The lowest BCUT2D eigenvalue weighted by molar-refractivity contribution is 0.794. The van der Waals surface area contributed by atoms with E-state index in [9.17, 15) is 0 Å². The molecule has 1 nitrogen and oxygen atoms in total. The SMILES string of the molecule is c1ccc(-c2ccc(-c3ccccc3)n2-c2ccc3c(-c4cccc5ccccc45)c4ccccc4c(-c4ccc5c(c4)C4(c6ccccc6-c6ccccc64)c4ccccc4-5)c3c2)cc1. The molecule has 0 bridgehead atoms. The molecule has 2 aliphatic rings. The first-order chi connectivity index (χ1) is 32.8. The molecular weight excluding hydrogens is 795 g/mol. The lowest BCUT2D eigenvalue weighted by Gasteiger charge is -2.31. The van der Waals surface area contributed by atoms with Gasteiger partial charge in [-0.1, -0.05) is 218 Å². The molecule has 14 rings (SSSR count). The maximum Gasteiger partial charge on any atom is 0.0725 e. The molecule has 1 heteroatoms. The van der Waals surface area contributed by atoms with Crippen LogP contribution in [0.15, 0.2) is 249 Å². The number of nitrogens with zero attached hydrogens (tertiary/aromatic N) is 1. The summed E-state index contributed by atoms with van der Waals surface area (Å²) in [6, 6.07) is 92.8. The van der Waals surface area contributed by atoms with E-state index >= 15 is 0 Å². The second-order valence-corrected chi connectivity index (χ2v) is 17.9. The van der Waals surface area contributed by atoms with Gasteiger partial charge in [-0.05, 0) is 141 Å². The Labute approximate surface area is 384 Å². The highest BCUT2D eigenvalue weighted by Crippen LogP contribution is 2.63. The minimum Gasteiger partial charge on any atom is -0.309 e. The van der Waals surface area contributed by atoms with Crippen LogP contribution in [0.25, 0.3) is 105 Å². The predicted octanol–water partition coefficient (Wildman–Crippen LogP) is 16.9. The smallest absolute Gasteiger partial charge is 0.0725 e. The van der Waals surface area contributed by atoms with E-state index < -0.39 is 5.41 Å². The fraction of sp³-hybridized carbons (Fsp3) is 0.0154. The molecule has 1 spiro atoms. The van der Waals surface area contributed by atoms with E-state index in [4.69, 9.17) is 0 Å². The standard InChI is InChI=1S/C65H41N/c1-3-19-43(20-4-1)61-38-39-62(44-21-5-2-6-22-44)66(61)46-35-37-55-56(41-46)63(53-28-9-10-29-54(53)64(55)52-30-17-23-42-18-7-8-24-47(42)52)45-34-36-51-50-27-13-16-33-59(50)65(60(51)40-45)57-31-14-11-25-48(57)49-26-12-15-32-58(49)65/h1-41H. The summed E-state index contributed by atoms with van der Waals surface area (Å²) in [5, 5.41) is 7.42. The third-order valence-electron chi connectivity index (χ3n) is 14.6. The summed E-state index contributed by atoms with van der Waals surface area (Å²) in [6.07, 6.45) is 0. The van der Waals surface area contributed by atoms with Gasteiger partial charge in [-0.3, -0.25) is 0 Å². The van der Waals surface area contributed by atoms with E-state index in [2.05, 4.69) is 253 Å². The second-order valence-electron chi connectivity index (χ2n) is 17.9. The largest absolute Gasteiger partial charge is 0.309 e. The van der Waals surface area contributed by atoms with Crippen molar-refractivity contribution in [2.75, 3.05) is 0 Å². The molecular formula is C65H41N. The number of hydrogen-bond donors (Lipinski definition) is 0. The summed E-state index contributed by atoms with van der Waals surface area (Å²) in [5.74, 6) is 0. The van der Waals surface area contributed by atoms with E-state index in [1.54, 1.807) is 0 Å². The van der Waals surface area contributed by atoms with Crippen molar-refractivity contribution in [1.29, 1.82) is 0 Å². The van der Waals surface area contributed by atoms with Crippen molar-refractivity contribution in [3.8, 4) is 72.7 Å². The van der Waals surface area contributed by atoms with Crippen LogP contribution in [0.2, 0.25) is 0 Å². The minimum atomic E-state index is -0.449. The van der Waals surface area contributed by atoms with Gasteiger partial charge in [0.25, 0.3) is 0 Å². The molecule has 2 aliphatic carbocycles. The van der Waals surface area contributed by atoms with Gasteiger partial charge in [-0.2, -0.15) is 0 Å². The summed E-state index contributed by atoms with van der Waals surface area (Å²) >= 11 is 0. The van der Waals surface area contributed by atoms with Crippen LogP contribution in [-0.2, 0) is 5.41 Å². The molecule has 11 aromatic carbocycles. The van der Waals surface area contributed by atoms with Crippen molar-refractivity contribution in [1.82, 2.24) is 4.57 Å². The topological polar surface area (TPSA) is 4.93 Å². The van der Waals surface area contributed by atoms with E-state index in [1.165, 1.54) is 110 Å². The second kappa shape index (κ2) is 14.2. The van der Waals surface area contributed by atoms with Crippen molar-refractivity contribution in [2.45, 2.75) is 5.41 Å². The van der Waals surface area contributed by atoms with Gasteiger partial charge in [0.05, 0.1) is 16.8 Å². The van der Waals surface area contributed by atoms with Crippen LogP contribution in [0.1, 0.15) is 22.3 Å². The Morgan fingerprint density at radius 3 is 1.35 bits per heavy atom. The molecule has 0 saturated carbocycles. The number of rotatable bonds is 5. The maximum atomic E-state index is 2.56. The van der Waals surface area contributed by atoms with Crippen molar-refractivity contribution in [3.05, 3.63) is 271 Å². The molecule has 0 radical (unpaired) electrons. The van der Waals surface area contributed by atoms with Crippen molar-refractivity contribution in [3.63, 3.8) is 0 Å². The molecule has 1 heterocycles. The molecule has 0 aliphatic heterocycles. The van der Waals surface area contributed by atoms with Gasteiger partial charge in [-0.15, -0.1) is 0 Å². The summed E-state index contributed by atoms with van der Waals surface area (Å²) in [4.78, 5) is 0. The normalized spacial score (nSPS) is 13.0. The molecule has 0 amide bonds. The van der Waals surface area contributed by atoms with Crippen LogP contribution < -0.4 is 0 Å². The first-order valence-corrected chi connectivity index (χ1v) is 23.0. The van der Waals surface area contributed by atoms with E-state index in [0.29, 0.717) is 0 Å². The van der Waals surface area contributed by atoms with Crippen LogP contribution in [0.5, 0.6) is 0 Å². The third-order valence-corrected chi connectivity index (χ3v) is 14.6. The van der Waals surface area contributed by atoms with E-state index in [1.807, 2.05) is 0 Å². The molecule has 306 valence electrons. The zero-order valence-corrected chi connectivity index (χ0v) is 36.1. The Morgan fingerprint density at radius 1 is 0.258 bits per heavy atom. The van der Waals surface area contributed by atoms with Crippen molar-refractivity contribution in [2.24, 2.45) is 0 Å². The average molecular weight is 836 g/mol.